The summed E-state index contributed by atoms with van der Waals surface area (Å²) in [5.41, 5.74) is -0.882. The molecule has 0 heterocycles. The van der Waals surface area contributed by atoms with Gasteiger partial charge in [0.25, 0.3) is 0 Å². The van der Waals surface area contributed by atoms with Gasteiger partial charge in [0, 0.05) is 7.11 Å². The van der Waals surface area contributed by atoms with E-state index in [2.05, 4.69) is 6.92 Å². The van der Waals surface area contributed by atoms with Gasteiger partial charge in [0.1, 0.15) is 6.79 Å². The standard InChI is InChI=1S/C16H32O4/c1-5-6-7-8-9-10-11-12-13-16(2,15(17)19-4)20-14-18-3/h5-14H2,1-4H3. The Morgan fingerprint density at radius 2 is 1.50 bits per heavy atom. The minimum absolute atomic E-state index is 0.114. The van der Waals surface area contributed by atoms with Crippen molar-refractivity contribution >= 4 is 5.97 Å². The second kappa shape index (κ2) is 12.2. The Morgan fingerprint density at radius 3 is 2.00 bits per heavy atom. The van der Waals surface area contributed by atoms with Crippen molar-refractivity contribution in [2.75, 3.05) is 21.0 Å². The zero-order valence-electron chi connectivity index (χ0n) is 13.7. The van der Waals surface area contributed by atoms with E-state index >= 15 is 0 Å². The molecule has 0 fully saturated rings. The maximum absolute atomic E-state index is 11.8. The Morgan fingerprint density at radius 1 is 0.950 bits per heavy atom. The van der Waals surface area contributed by atoms with E-state index in [-0.39, 0.29) is 12.8 Å². The monoisotopic (exact) mass is 288 g/mol. The molecule has 0 rings (SSSR count). The van der Waals surface area contributed by atoms with Gasteiger partial charge in [-0.15, -0.1) is 0 Å². The Labute approximate surface area is 124 Å². The van der Waals surface area contributed by atoms with E-state index in [1.54, 1.807) is 14.0 Å². The van der Waals surface area contributed by atoms with Gasteiger partial charge in [-0.25, -0.2) is 4.79 Å². The van der Waals surface area contributed by atoms with Crippen molar-refractivity contribution in [3.8, 4) is 0 Å². The fourth-order valence-electron chi connectivity index (χ4n) is 2.23. The molecule has 0 aliphatic rings. The van der Waals surface area contributed by atoms with Gasteiger partial charge in [-0.3, -0.25) is 0 Å². The van der Waals surface area contributed by atoms with Crippen LogP contribution in [0.1, 0.15) is 71.6 Å². The Balaban J connectivity index is 3.82. The minimum atomic E-state index is -0.882. The number of carbonyl (C=O) groups excluding carboxylic acids is 1. The maximum Gasteiger partial charge on any atom is 0.337 e. The van der Waals surface area contributed by atoms with Crippen molar-refractivity contribution in [3.05, 3.63) is 0 Å². The molecule has 0 bridgehead atoms. The first-order valence-electron chi connectivity index (χ1n) is 7.82. The molecule has 0 aliphatic heterocycles. The van der Waals surface area contributed by atoms with Gasteiger partial charge in [0.05, 0.1) is 7.11 Å². The second-order valence-electron chi connectivity index (χ2n) is 5.50. The lowest BCUT2D eigenvalue weighted by Crippen LogP contribution is -2.40. The molecule has 0 saturated heterocycles. The van der Waals surface area contributed by atoms with Gasteiger partial charge < -0.3 is 14.2 Å². The zero-order chi connectivity index (χ0) is 15.3. The third kappa shape index (κ3) is 8.54. The Hall–Kier alpha value is -0.610. The van der Waals surface area contributed by atoms with E-state index < -0.39 is 5.60 Å². The maximum atomic E-state index is 11.8. The number of unbranched alkanes of at least 4 members (excludes halogenated alkanes) is 7. The number of hydrogen-bond acceptors (Lipinski definition) is 4. The highest BCUT2D eigenvalue weighted by molar-refractivity contribution is 5.78. The molecule has 0 aliphatic carbocycles. The fourth-order valence-corrected chi connectivity index (χ4v) is 2.23. The van der Waals surface area contributed by atoms with Crippen LogP contribution in [-0.2, 0) is 19.0 Å². The molecule has 4 heteroatoms. The summed E-state index contributed by atoms with van der Waals surface area (Å²) >= 11 is 0. The lowest BCUT2D eigenvalue weighted by molar-refractivity contribution is -0.183. The van der Waals surface area contributed by atoms with E-state index in [4.69, 9.17) is 14.2 Å². The highest BCUT2D eigenvalue weighted by atomic mass is 16.7. The summed E-state index contributed by atoms with van der Waals surface area (Å²) < 4.78 is 15.2. The van der Waals surface area contributed by atoms with Crippen LogP contribution in [0.25, 0.3) is 0 Å². The molecule has 1 atom stereocenters. The molecular formula is C16H32O4. The smallest absolute Gasteiger partial charge is 0.337 e. The van der Waals surface area contributed by atoms with Gasteiger partial charge in [0.15, 0.2) is 5.60 Å². The molecule has 120 valence electrons. The molecule has 0 amide bonds. The van der Waals surface area contributed by atoms with Crippen molar-refractivity contribution in [2.24, 2.45) is 0 Å². The SMILES string of the molecule is CCCCCCCCCCC(C)(OCOC)C(=O)OC. The van der Waals surface area contributed by atoms with Crippen molar-refractivity contribution in [1.82, 2.24) is 0 Å². The molecule has 1 unspecified atom stereocenters. The fraction of sp³-hybridized carbons (Fsp3) is 0.938. The van der Waals surface area contributed by atoms with Crippen LogP contribution in [0.15, 0.2) is 0 Å². The Kier molecular flexibility index (Phi) is 11.8. The summed E-state index contributed by atoms with van der Waals surface area (Å²) in [5, 5.41) is 0. The minimum Gasteiger partial charge on any atom is -0.467 e. The molecule has 20 heavy (non-hydrogen) atoms. The van der Waals surface area contributed by atoms with Gasteiger partial charge in [-0.2, -0.15) is 0 Å². The van der Waals surface area contributed by atoms with Crippen LogP contribution in [0.4, 0.5) is 0 Å². The van der Waals surface area contributed by atoms with E-state index in [0.717, 1.165) is 12.8 Å². The van der Waals surface area contributed by atoms with Crippen molar-refractivity contribution in [1.29, 1.82) is 0 Å². The van der Waals surface area contributed by atoms with Crippen LogP contribution in [0.5, 0.6) is 0 Å². The van der Waals surface area contributed by atoms with Crippen LogP contribution in [-0.4, -0.2) is 32.6 Å². The topological polar surface area (TPSA) is 44.8 Å². The summed E-state index contributed by atoms with van der Waals surface area (Å²) in [5.74, 6) is -0.322. The predicted octanol–water partition coefficient (Wildman–Crippen LogP) is 4.07. The second-order valence-corrected chi connectivity index (χ2v) is 5.50. The summed E-state index contributed by atoms with van der Waals surface area (Å²) in [6.07, 6.45) is 10.6. The molecule has 0 saturated carbocycles. The van der Waals surface area contributed by atoms with E-state index in [9.17, 15) is 4.79 Å². The van der Waals surface area contributed by atoms with Gasteiger partial charge in [0.2, 0.25) is 0 Å². The van der Waals surface area contributed by atoms with Crippen molar-refractivity contribution < 1.29 is 19.0 Å². The van der Waals surface area contributed by atoms with Crippen LogP contribution >= 0.6 is 0 Å². The molecule has 0 aromatic rings. The number of rotatable bonds is 13. The van der Waals surface area contributed by atoms with Gasteiger partial charge in [-0.1, -0.05) is 51.9 Å². The van der Waals surface area contributed by atoms with Crippen LogP contribution in [0.3, 0.4) is 0 Å². The quantitative estimate of drug-likeness (QED) is 0.291. The summed E-state index contributed by atoms with van der Waals surface area (Å²) in [4.78, 5) is 11.8. The van der Waals surface area contributed by atoms with E-state index in [0.29, 0.717) is 6.42 Å². The summed E-state index contributed by atoms with van der Waals surface area (Å²) in [6.45, 7) is 4.12. The van der Waals surface area contributed by atoms with Crippen LogP contribution in [0.2, 0.25) is 0 Å². The third-order valence-electron chi connectivity index (χ3n) is 3.62. The van der Waals surface area contributed by atoms with Crippen LogP contribution < -0.4 is 0 Å². The average molecular weight is 288 g/mol. The van der Waals surface area contributed by atoms with Gasteiger partial charge >= 0.3 is 5.97 Å². The van der Waals surface area contributed by atoms with Crippen molar-refractivity contribution in [3.63, 3.8) is 0 Å². The number of ether oxygens (including phenoxy) is 3. The number of carbonyl (C=O) groups is 1. The Bertz CT molecular complexity index is 243. The third-order valence-corrected chi connectivity index (χ3v) is 3.62. The highest BCUT2D eigenvalue weighted by Gasteiger charge is 2.34. The number of methoxy groups -OCH3 is 2. The molecular weight excluding hydrogens is 256 g/mol. The van der Waals surface area contributed by atoms with Crippen LogP contribution in [0, 0.1) is 0 Å². The first kappa shape index (κ1) is 19.4. The normalized spacial score (nSPS) is 14.0. The molecule has 0 N–H and O–H groups in total. The molecule has 0 aromatic heterocycles. The lowest BCUT2D eigenvalue weighted by atomic mass is 9.97. The average Bonchev–Trinajstić information content (AvgIpc) is 2.47. The lowest BCUT2D eigenvalue weighted by Gasteiger charge is -2.26. The molecule has 0 aromatic carbocycles. The summed E-state index contributed by atoms with van der Waals surface area (Å²) in [7, 11) is 2.94. The number of esters is 1. The molecule has 0 radical (unpaired) electrons. The first-order valence-corrected chi connectivity index (χ1v) is 7.82. The first-order chi connectivity index (χ1) is 9.60. The van der Waals surface area contributed by atoms with E-state index in [1.165, 1.54) is 45.6 Å². The zero-order valence-corrected chi connectivity index (χ0v) is 13.7. The largest absolute Gasteiger partial charge is 0.467 e. The molecule has 4 nitrogen and oxygen atoms in total. The molecule has 0 spiro atoms. The summed E-state index contributed by atoms with van der Waals surface area (Å²) in [6, 6.07) is 0. The van der Waals surface area contributed by atoms with Crippen molar-refractivity contribution in [2.45, 2.75) is 77.2 Å². The van der Waals surface area contributed by atoms with Gasteiger partial charge in [-0.05, 0) is 19.8 Å². The van der Waals surface area contributed by atoms with E-state index in [1.807, 2.05) is 0 Å². The number of hydrogen-bond donors (Lipinski definition) is 0. The predicted molar refractivity (Wildman–Crippen MR) is 80.6 cm³/mol. The highest BCUT2D eigenvalue weighted by Crippen LogP contribution is 2.22.